The van der Waals surface area contributed by atoms with Crippen LogP contribution in [0.5, 0.6) is 5.75 Å². The van der Waals surface area contributed by atoms with Gasteiger partial charge in [-0.1, -0.05) is 46.1 Å². The monoisotopic (exact) mass is 387 g/mol. The zero-order valence-electron chi connectivity index (χ0n) is 11.6. The number of halogens is 3. The molecule has 0 aromatic heterocycles. The van der Waals surface area contributed by atoms with Gasteiger partial charge in [0.2, 0.25) is 0 Å². The molecule has 2 nitrogen and oxygen atoms in total. The summed E-state index contributed by atoms with van der Waals surface area (Å²) in [6, 6.07) is 11.3. The summed E-state index contributed by atoms with van der Waals surface area (Å²) in [6.45, 7) is 4.13. The van der Waals surface area contributed by atoms with E-state index in [0.717, 1.165) is 34.4 Å². The van der Waals surface area contributed by atoms with Gasteiger partial charge in [-0.15, -0.1) is 0 Å². The second-order valence-electron chi connectivity index (χ2n) is 4.56. The zero-order valence-corrected chi connectivity index (χ0v) is 14.7. The van der Waals surface area contributed by atoms with Crippen LogP contribution in [0.4, 0.5) is 0 Å². The second-order valence-corrected chi connectivity index (χ2v) is 6.32. The maximum absolute atomic E-state index is 6.15. The Kier molecular flexibility index (Phi) is 6.37. The molecule has 0 amide bonds. The molecule has 0 aliphatic heterocycles. The van der Waals surface area contributed by atoms with E-state index in [1.807, 2.05) is 18.2 Å². The molecule has 2 aromatic carbocycles. The first kappa shape index (κ1) is 16.6. The predicted molar refractivity (Wildman–Crippen MR) is 92.3 cm³/mol. The highest BCUT2D eigenvalue weighted by molar-refractivity contribution is 9.10. The highest BCUT2D eigenvalue weighted by Gasteiger charge is 2.07. The summed E-state index contributed by atoms with van der Waals surface area (Å²) in [5.41, 5.74) is 1.98. The van der Waals surface area contributed by atoms with Crippen molar-refractivity contribution >= 4 is 39.1 Å². The van der Waals surface area contributed by atoms with E-state index in [4.69, 9.17) is 27.9 Å². The molecule has 0 aliphatic rings. The van der Waals surface area contributed by atoms with Crippen LogP contribution >= 0.6 is 39.1 Å². The molecule has 2 aromatic rings. The Labute approximate surface area is 143 Å². The Morgan fingerprint density at radius 2 is 1.90 bits per heavy atom. The Hall–Kier alpha value is -0.740. The van der Waals surface area contributed by atoms with Crippen molar-refractivity contribution in [1.29, 1.82) is 0 Å². The van der Waals surface area contributed by atoms with Crippen molar-refractivity contribution < 1.29 is 4.74 Å². The lowest BCUT2D eigenvalue weighted by atomic mass is 10.2. The van der Waals surface area contributed by atoms with Crippen LogP contribution < -0.4 is 10.1 Å². The highest BCUT2D eigenvalue weighted by Crippen LogP contribution is 2.26. The number of hydrogen-bond donors (Lipinski definition) is 1. The van der Waals surface area contributed by atoms with Crippen LogP contribution in [0.1, 0.15) is 18.1 Å². The quantitative estimate of drug-likeness (QED) is 0.710. The van der Waals surface area contributed by atoms with Crippen LogP contribution in [0.2, 0.25) is 10.0 Å². The van der Waals surface area contributed by atoms with E-state index < -0.39 is 0 Å². The molecule has 0 bridgehead atoms. The van der Waals surface area contributed by atoms with Crippen LogP contribution in [-0.2, 0) is 13.2 Å². The number of ether oxygens (including phenoxy) is 1. The third kappa shape index (κ3) is 4.89. The van der Waals surface area contributed by atoms with Crippen molar-refractivity contribution in [1.82, 2.24) is 5.32 Å². The van der Waals surface area contributed by atoms with Gasteiger partial charge in [0.25, 0.3) is 0 Å². The van der Waals surface area contributed by atoms with Crippen molar-refractivity contribution in [2.75, 3.05) is 6.54 Å². The first-order valence-electron chi connectivity index (χ1n) is 6.66. The maximum Gasteiger partial charge on any atom is 0.124 e. The molecule has 0 spiro atoms. The van der Waals surface area contributed by atoms with Crippen molar-refractivity contribution in [3.8, 4) is 5.75 Å². The Morgan fingerprint density at radius 1 is 1.10 bits per heavy atom. The molecule has 2 rings (SSSR count). The number of rotatable bonds is 6. The van der Waals surface area contributed by atoms with E-state index in [2.05, 4.69) is 34.2 Å². The lowest BCUT2D eigenvalue weighted by Crippen LogP contribution is -2.13. The minimum Gasteiger partial charge on any atom is -0.489 e. The fourth-order valence-corrected chi connectivity index (χ4v) is 2.67. The molecule has 112 valence electrons. The molecule has 0 saturated heterocycles. The molecule has 0 radical (unpaired) electrons. The van der Waals surface area contributed by atoms with Crippen molar-refractivity contribution in [3.63, 3.8) is 0 Å². The summed E-state index contributed by atoms with van der Waals surface area (Å²) in [4.78, 5) is 0. The minimum atomic E-state index is 0.389. The van der Waals surface area contributed by atoms with E-state index in [9.17, 15) is 0 Å². The predicted octanol–water partition coefficient (Wildman–Crippen LogP) is 5.44. The average Bonchev–Trinajstić information content (AvgIpc) is 2.47. The largest absolute Gasteiger partial charge is 0.489 e. The lowest BCUT2D eigenvalue weighted by Gasteiger charge is -2.13. The van der Waals surface area contributed by atoms with E-state index >= 15 is 0 Å². The third-order valence-corrected chi connectivity index (χ3v) is 4.08. The second kappa shape index (κ2) is 8.04. The molecule has 1 N–H and O–H groups in total. The zero-order chi connectivity index (χ0) is 15.2. The summed E-state index contributed by atoms with van der Waals surface area (Å²) in [5, 5.41) is 4.61. The smallest absolute Gasteiger partial charge is 0.124 e. The Balaban J connectivity index is 2.13. The van der Waals surface area contributed by atoms with Gasteiger partial charge in [-0.3, -0.25) is 0 Å². The Morgan fingerprint density at radius 3 is 2.67 bits per heavy atom. The van der Waals surface area contributed by atoms with Crippen molar-refractivity contribution in [2.45, 2.75) is 20.1 Å². The van der Waals surface area contributed by atoms with E-state index in [-0.39, 0.29) is 0 Å². The Bertz CT molecular complexity index is 619. The summed E-state index contributed by atoms with van der Waals surface area (Å²) in [5.74, 6) is 0.843. The van der Waals surface area contributed by atoms with Gasteiger partial charge in [0.05, 0.1) is 0 Å². The fraction of sp³-hybridized carbons (Fsp3) is 0.250. The van der Waals surface area contributed by atoms with E-state index in [1.54, 1.807) is 12.1 Å². The van der Waals surface area contributed by atoms with Gasteiger partial charge in [-0.2, -0.15) is 0 Å². The van der Waals surface area contributed by atoms with Crippen LogP contribution in [0.3, 0.4) is 0 Å². The lowest BCUT2D eigenvalue weighted by molar-refractivity contribution is 0.302. The van der Waals surface area contributed by atoms with Crippen molar-refractivity contribution in [2.24, 2.45) is 0 Å². The average molecular weight is 389 g/mol. The van der Waals surface area contributed by atoms with Crippen LogP contribution in [0, 0.1) is 0 Å². The summed E-state index contributed by atoms with van der Waals surface area (Å²) in [6.07, 6.45) is 0. The number of hydrogen-bond acceptors (Lipinski definition) is 2. The molecule has 5 heteroatoms. The third-order valence-electron chi connectivity index (χ3n) is 2.98. The molecule has 0 heterocycles. The highest BCUT2D eigenvalue weighted by atomic mass is 79.9. The SMILES string of the molecule is CCNCc1cc(Br)ccc1OCc1cc(Cl)ccc1Cl. The fourth-order valence-electron chi connectivity index (χ4n) is 1.90. The van der Waals surface area contributed by atoms with E-state index in [0.29, 0.717) is 16.7 Å². The molecular formula is C16H16BrCl2NO. The minimum absolute atomic E-state index is 0.389. The van der Waals surface area contributed by atoms with Gasteiger partial charge in [-0.05, 0) is 42.9 Å². The van der Waals surface area contributed by atoms with Gasteiger partial charge in [0.15, 0.2) is 0 Å². The van der Waals surface area contributed by atoms with Gasteiger partial charge in [0, 0.05) is 32.2 Å². The maximum atomic E-state index is 6.15. The van der Waals surface area contributed by atoms with Gasteiger partial charge in [-0.25, -0.2) is 0 Å². The van der Waals surface area contributed by atoms with Gasteiger partial charge < -0.3 is 10.1 Å². The first-order valence-corrected chi connectivity index (χ1v) is 8.21. The van der Waals surface area contributed by atoms with Crippen molar-refractivity contribution in [3.05, 3.63) is 62.0 Å². The number of nitrogens with one attached hydrogen (secondary N) is 1. The molecule has 0 aliphatic carbocycles. The molecule has 21 heavy (non-hydrogen) atoms. The first-order chi connectivity index (χ1) is 10.1. The summed E-state index contributed by atoms with van der Waals surface area (Å²) < 4.78 is 6.94. The molecule has 0 atom stereocenters. The molecular weight excluding hydrogens is 373 g/mol. The van der Waals surface area contributed by atoms with Gasteiger partial charge in [0.1, 0.15) is 12.4 Å². The van der Waals surface area contributed by atoms with Crippen LogP contribution in [0.25, 0.3) is 0 Å². The van der Waals surface area contributed by atoms with Crippen LogP contribution in [-0.4, -0.2) is 6.54 Å². The van der Waals surface area contributed by atoms with Gasteiger partial charge >= 0.3 is 0 Å². The van der Waals surface area contributed by atoms with E-state index in [1.165, 1.54) is 0 Å². The molecule has 0 fully saturated rings. The van der Waals surface area contributed by atoms with Crippen LogP contribution in [0.15, 0.2) is 40.9 Å². The molecule has 0 saturated carbocycles. The number of benzene rings is 2. The normalized spacial score (nSPS) is 10.7. The summed E-state index contributed by atoms with van der Waals surface area (Å²) >= 11 is 15.6. The standard InChI is InChI=1S/C16H16BrCl2NO/c1-2-20-9-11-7-13(17)3-6-16(11)21-10-12-8-14(18)4-5-15(12)19/h3-8,20H,2,9-10H2,1H3. The summed E-state index contributed by atoms with van der Waals surface area (Å²) in [7, 11) is 0. The topological polar surface area (TPSA) is 21.3 Å². The molecule has 0 unspecified atom stereocenters.